The Labute approximate surface area is 111 Å². The number of aromatic amines is 1. The van der Waals surface area contributed by atoms with Crippen molar-refractivity contribution >= 4 is 32.2 Å². The number of nitrogens with zero attached hydrogens (tertiary/aromatic N) is 2. The van der Waals surface area contributed by atoms with E-state index >= 15 is 0 Å². The molecule has 2 heterocycles. The molecule has 0 fully saturated rings. The van der Waals surface area contributed by atoms with Crippen LogP contribution in [-0.2, 0) is 6.54 Å². The van der Waals surface area contributed by atoms with Crippen LogP contribution < -0.4 is 10.9 Å². The van der Waals surface area contributed by atoms with Gasteiger partial charge in [-0.15, -0.1) is 0 Å². The minimum Gasteiger partial charge on any atom is -0.343 e. The van der Waals surface area contributed by atoms with Gasteiger partial charge in [0, 0.05) is 34.0 Å². The Kier molecular flexibility index (Phi) is 3.18. The number of hydrogen-bond donors (Lipinski definition) is 2. The van der Waals surface area contributed by atoms with Gasteiger partial charge in [0.25, 0.3) is 9.47 Å². The van der Waals surface area contributed by atoms with Gasteiger partial charge in [0.1, 0.15) is 0 Å². The Morgan fingerprint density at radius 2 is 2.29 bits per heavy atom. The first-order valence-corrected chi connectivity index (χ1v) is 6.08. The lowest BCUT2D eigenvalue weighted by atomic mass is 10.3. The molecule has 2 rings (SSSR count). The minimum atomic E-state index is -0.226. The van der Waals surface area contributed by atoms with E-state index in [-0.39, 0.29) is 16.0 Å². The number of halogens is 1. The molecule has 2 aromatic heterocycles. The average molecular weight is 346 g/mol. The number of nitrogens with one attached hydrogen (secondary N) is 2. The lowest BCUT2D eigenvalue weighted by molar-refractivity contribution is 0.262. The van der Waals surface area contributed by atoms with Crippen molar-refractivity contribution in [1.82, 2.24) is 19.9 Å². The highest BCUT2D eigenvalue weighted by atomic mass is 127. The van der Waals surface area contributed by atoms with E-state index in [1.54, 1.807) is 27.1 Å². The quantitative estimate of drug-likeness (QED) is 0.489. The van der Waals surface area contributed by atoms with Gasteiger partial charge in [0.15, 0.2) is 5.65 Å². The first kappa shape index (κ1) is 12.1. The molecule has 6 nitrogen and oxygen atoms in total. The SMILES string of the molecule is Cc1cc(C)n2[nH]c(=O)c(CNC(=O)I)c2n1. The number of carbonyl (C=O) groups is 1. The molecule has 0 radical (unpaired) electrons. The number of aryl methyl sites for hydroxylation is 2. The third-order valence-electron chi connectivity index (χ3n) is 2.43. The van der Waals surface area contributed by atoms with E-state index in [0.29, 0.717) is 11.2 Å². The van der Waals surface area contributed by atoms with E-state index in [1.165, 1.54) is 0 Å². The fourth-order valence-corrected chi connectivity index (χ4v) is 1.91. The summed E-state index contributed by atoms with van der Waals surface area (Å²) >= 11 is 1.63. The number of fused-ring (bicyclic) bond motifs is 1. The second-order valence-corrected chi connectivity index (χ2v) is 4.72. The highest BCUT2D eigenvalue weighted by Crippen LogP contribution is 2.08. The van der Waals surface area contributed by atoms with Crippen molar-refractivity contribution in [1.29, 1.82) is 0 Å². The Bertz CT molecular complexity index is 644. The highest BCUT2D eigenvalue weighted by Gasteiger charge is 2.12. The van der Waals surface area contributed by atoms with E-state index in [2.05, 4.69) is 15.4 Å². The molecule has 0 aliphatic rings. The van der Waals surface area contributed by atoms with E-state index in [0.717, 1.165) is 11.4 Å². The zero-order chi connectivity index (χ0) is 12.6. The van der Waals surface area contributed by atoms with Crippen LogP contribution >= 0.6 is 22.6 Å². The van der Waals surface area contributed by atoms with Crippen LogP contribution in [-0.4, -0.2) is 18.5 Å². The van der Waals surface area contributed by atoms with Crippen LogP contribution in [0.3, 0.4) is 0 Å². The van der Waals surface area contributed by atoms with Crippen LogP contribution in [0.5, 0.6) is 0 Å². The highest BCUT2D eigenvalue weighted by molar-refractivity contribution is 14.1. The van der Waals surface area contributed by atoms with Gasteiger partial charge in [-0.3, -0.25) is 14.7 Å². The number of H-pyrrole nitrogens is 1. The van der Waals surface area contributed by atoms with Crippen molar-refractivity contribution in [3.8, 4) is 0 Å². The largest absolute Gasteiger partial charge is 0.343 e. The smallest absolute Gasteiger partial charge is 0.280 e. The van der Waals surface area contributed by atoms with E-state index < -0.39 is 0 Å². The third-order valence-corrected chi connectivity index (χ3v) is 2.81. The molecule has 0 aliphatic carbocycles. The number of rotatable bonds is 2. The van der Waals surface area contributed by atoms with Gasteiger partial charge in [-0.2, -0.15) is 0 Å². The molecule has 1 amide bonds. The normalized spacial score (nSPS) is 10.8. The molecule has 17 heavy (non-hydrogen) atoms. The Morgan fingerprint density at radius 3 is 2.94 bits per heavy atom. The maximum Gasteiger partial charge on any atom is 0.280 e. The predicted molar refractivity (Wildman–Crippen MR) is 71.5 cm³/mol. The molecule has 0 spiro atoms. The number of aromatic nitrogens is 3. The van der Waals surface area contributed by atoms with Crippen molar-refractivity contribution in [2.75, 3.05) is 0 Å². The summed E-state index contributed by atoms with van der Waals surface area (Å²) < 4.78 is 1.43. The minimum absolute atomic E-state index is 0.184. The zero-order valence-corrected chi connectivity index (χ0v) is 11.5. The summed E-state index contributed by atoms with van der Waals surface area (Å²) in [4.78, 5) is 26.9. The number of carbonyl (C=O) groups excluding carboxylic acids is 1. The summed E-state index contributed by atoms with van der Waals surface area (Å²) in [5.74, 6) is 0. The summed E-state index contributed by atoms with van der Waals surface area (Å²) in [5, 5.41) is 5.29. The van der Waals surface area contributed by atoms with E-state index in [9.17, 15) is 9.59 Å². The Balaban J connectivity index is 2.58. The standard InChI is InChI=1S/C10H11IN4O2/c1-5-3-6(2)15-8(13-5)7(9(16)14-15)4-12-10(11)17/h3H,4H2,1-2H3,(H,12,17)(H,14,16). The van der Waals surface area contributed by atoms with Gasteiger partial charge in [-0.25, -0.2) is 9.50 Å². The third kappa shape index (κ3) is 2.33. The molecule has 2 aromatic rings. The molecule has 0 saturated carbocycles. The van der Waals surface area contributed by atoms with Crippen LogP contribution in [0, 0.1) is 13.8 Å². The summed E-state index contributed by atoms with van der Waals surface area (Å²) in [7, 11) is 0. The fourth-order valence-electron chi connectivity index (χ4n) is 1.71. The van der Waals surface area contributed by atoms with Gasteiger partial charge in [0.2, 0.25) is 0 Å². The van der Waals surface area contributed by atoms with Crippen molar-refractivity contribution < 1.29 is 4.79 Å². The molecular weight excluding hydrogens is 335 g/mol. The maximum absolute atomic E-state index is 11.7. The van der Waals surface area contributed by atoms with Crippen LogP contribution in [0.2, 0.25) is 0 Å². The molecule has 0 aromatic carbocycles. The van der Waals surface area contributed by atoms with Gasteiger partial charge in [-0.05, 0) is 19.9 Å². The zero-order valence-electron chi connectivity index (χ0n) is 9.37. The van der Waals surface area contributed by atoms with Gasteiger partial charge >= 0.3 is 0 Å². The topological polar surface area (TPSA) is 79.3 Å². The van der Waals surface area contributed by atoms with Crippen molar-refractivity contribution in [2.45, 2.75) is 20.4 Å². The lowest BCUT2D eigenvalue weighted by Gasteiger charge is -2.02. The molecule has 2 N–H and O–H groups in total. The van der Waals surface area contributed by atoms with E-state index in [1.807, 2.05) is 19.9 Å². The summed E-state index contributed by atoms with van der Waals surface area (Å²) in [5.41, 5.74) is 2.55. The van der Waals surface area contributed by atoms with E-state index in [4.69, 9.17) is 0 Å². The molecule has 90 valence electrons. The van der Waals surface area contributed by atoms with Crippen LogP contribution in [0.1, 0.15) is 17.0 Å². The molecular formula is C10H11IN4O2. The Hall–Kier alpha value is -1.38. The monoisotopic (exact) mass is 346 g/mol. The fraction of sp³-hybridized carbons (Fsp3) is 0.300. The Morgan fingerprint density at radius 1 is 1.59 bits per heavy atom. The molecule has 0 unspecified atom stereocenters. The van der Waals surface area contributed by atoms with Gasteiger partial charge < -0.3 is 5.32 Å². The average Bonchev–Trinajstić information content (AvgIpc) is 2.52. The maximum atomic E-state index is 11.7. The van der Waals surface area contributed by atoms with Crippen molar-refractivity contribution in [3.63, 3.8) is 0 Å². The van der Waals surface area contributed by atoms with Crippen LogP contribution in [0.4, 0.5) is 4.79 Å². The predicted octanol–water partition coefficient (Wildman–Crippen LogP) is 1.28. The number of hydrogen-bond acceptors (Lipinski definition) is 3. The molecule has 0 aliphatic heterocycles. The summed E-state index contributed by atoms with van der Waals surface area (Å²) in [6.45, 7) is 3.94. The van der Waals surface area contributed by atoms with Gasteiger partial charge in [-0.1, -0.05) is 0 Å². The first-order chi connectivity index (χ1) is 7.99. The second-order valence-electron chi connectivity index (χ2n) is 3.74. The summed E-state index contributed by atoms with van der Waals surface area (Å²) in [6, 6.07) is 1.88. The second kappa shape index (κ2) is 4.47. The molecule has 0 saturated heterocycles. The summed E-state index contributed by atoms with van der Waals surface area (Å²) in [6.07, 6.45) is 0. The molecule has 0 atom stereocenters. The number of amides is 1. The molecule has 7 heteroatoms. The van der Waals surface area contributed by atoms with Gasteiger partial charge in [0.05, 0.1) is 12.1 Å². The first-order valence-electron chi connectivity index (χ1n) is 5.00. The van der Waals surface area contributed by atoms with Crippen LogP contribution in [0.25, 0.3) is 5.65 Å². The van der Waals surface area contributed by atoms with Crippen molar-refractivity contribution in [2.24, 2.45) is 0 Å². The van der Waals surface area contributed by atoms with Crippen LogP contribution in [0.15, 0.2) is 10.9 Å². The lowest BCUT2D eigenvalue weighted by Crippen LogP contribution is -2.19. The molecule has 0 bridgehead atoms. The van der Waals surface area contributed by atoms with Crippen molar-refractivity contribution in [3.05, 3.63) is 33.4 Å².